The maximum atomic E-state index is 5.90. The number of rotatable bonds is 3. The third kappa shape index (κ3) is 1.75. The average molecular weight is 230 g/mol. The lowest BCUT2D eigenvalue weighted by Crippen LogP contribution is -2.01. The molecule has 3 rings (SSSR count). The van der Waals surface area contributed by atoms with Crippen molar-refractivity contribution in [2.75, 3.05) is 6.54 Å². The molecule has 0 aliphatic heterocycles. The van der Waals surface area contributed by atoms with Crippen LogP contribution in [-0.4, -0.2) is 11.5 Å². The summed E-state index contributed by atoms with van der Waals surface area (Å²) in [6.45, 7) is 4.97. The number of aromatic nitrogens is 1. The van der Waals surface area contributed by atoms with Crippen molar-refractivity contribution >= 4 is 11.1 Å². The summed E-state index contributed by atoms with van der Waals surface area (Å²) >= 11 is 0. The smallest absolute Gasteiger partial charge is 0.198 e. The quantitative estimate of drug-likeness (QED) is 0.881. The van der Waals surface area contributed by atoms with Crippen molar-refractivity contribution in [3.8, 4) is 0 Å². The molecule has 1 fully saturated rings. The Kier molecular flexibility index (Phi) is 2.44. The standard InChI is InChI=1S/C14H18N2O/c1-8(2)14-16-12-5-3-4-10(13(12)17-14)11-6-9(11)7-15/h3-5,8-9,11H,6-7,15H2,1-2H3/t9-,11+/m0/s1. The van der Waals surface area contributed by atoms with Crippen LogP contribution in [-0.2, 0) is 0 Å². The summed E-state index contributed by atoms with van der Waals surface area (Å²) in [6.07, 6.45) is 1.19. The van der Waals surface area contributed by atoms with Crippen molar-refractivity contribution in [2.24, 2.45) is 11.7 Å². The van der Waals surface area contributed by atoms with Gasteiger partial charge in [-0.25, -0.2) is 4.98 Å². The van der Waals surface area contributed by atoms with Crippen LogP contribution >= 0.6 is 0 Å². The highest BCUT2D eigenvalue weighted by molar-refractivity contribution is 5.77. The monoisotopic (exact) mass is 230 g/mol. The number of nitrogens with zero attached hydrogens (tertiary/aromatic N) is 1. The highest BCUT2D eigenvalue weighted by Crippen LogP contribution is 2.48. The summed E-state index contributed by atoms with van der Waals surface area (Å²) < 4.78 is 5.90. The Morgan fingerprint density at radius 2 is 2.29 bits per heavy atom. The molecular weight excluding hydrogens is 212 g/mol. The second-order valence-corrected chi connectivity index (χ2v) is 5.24. The van der Waals surface area contributed by atoms with Crippen LogP contribution in [0.15, 0.2) is 22.6 Å². The van der Waals surface area contributed by atoms with Gasteiger partial charge in [0.15, 0.2) is 11.5 Å². The first kappa shape index (κ1) is 10.8. The molecule has 3 nitrogen and oxygen atoms in total. The first-order chi connectivity index (χ1) is 8.20. The van der Waals surface area contributed by atoms with Crippen LogP contribution < -0.4 is 5.73 Å². The lowest BCUT2D eigenvalue weighted by molar-refractivity contribution is 0.499. The zero-order chi connectivity index (χ0) is 12.0. The summed E-state index contributed by atoms with van der Waals surface area (Å²) in [5, 5.41) is 0. The van der Waals surface area contributed by atoms with Gasteiger partial charge >= 0.3 is 0 Å². The molecule has 0 bridgehead atoms. The zero-order valence-corrected chi connectivity index (χ0v) is 10.3. The summed E-state index contributed by atoms with van der Waals surface area (Å²) in [6, 6.07) is 6.24. The van der Waals surface area contributed by atoms with Gasteiger partial charge in [0, 0.05) is 11.5 Å². The molecule has 2 aromatic rings. The third-order valence-electron chi connectivity index (χ3n) is 3.58. The molecule has 3 heteroatoms. The number of nitrogens with two attached hydrogens (primary N) is 1. The molecular formula is C14H18N2O. The Labute approximate surface area is 101 Å². The van der Waals surface area contributed by atoms with E-state index in [1.165, 1.54) is 12.0 Å². The van der Waals surface area contributed by atoms with E-state index in [0.717, 1.165) is 23.5 Å². The number of para-hydroxylation sites is 1. The Balaban J connectivity index is 2.06. The van der Waals surface area contributed by atoms with Gasteiger partial charge in [-0.1, -0.05) is 26.0 Å². The number of benzene rings is 1. The SMILES string of the molecule is CC(C)c1nc2cccc([C@@H]3C[C@H]3CN)c2o1. The van der Waals surface area contributed by atoms with Gasteiger partial charge in [0.05, 0.1) is 0 Å². The molecule has 90 valence electrons. The Morgan fingerprint density at radius 1 is 1.47 bits per heavy atom. The molecule has 0 radical (unpaired) electrons. The summed E-state index contributed by atoms with van der Waals surface area (Å²) in [4.78, 5) is 4.54. The summed E-state index contributed by atoms with van der Waals surface area (Å²) in [7, 11) is 0. The molecule has 0 spiro atoms. The fraction of sp³-hybridized carbons (Fsp3) is 0.500. The summed E-state index contributed by atoms with van der Waals surface area (Å²) in [5.41, 5.74) is 8.95. The predicted octanol–water partition coefficient (Wildman–Crippen LogP) is 3.01. The van der Waals surface area contributed by atoms with Gasteiger partial charge in [-0.15, -0.1) is 0 Å². The minimum Gasteiger partial charge on any atom is -0.440 e. The fourth-order valence-electron chi connectivity index (χ4n) is 2.42. The number of hydrogen-bond acceptors (Lipinski definition) is 3. The van der Waals surface area contributed by atoms with Gasteiger partial charge in [-0.2, -0.15) is 0 Å². The van der Waals surface area contributed by atoms with Gasteiger partial charge in [-0.3, -0.25) is 0 Å². The molecule has 0 amide bonds. The second kappa shape index (κ2) is 3.84. The Bertz CT molecular complexity index is 544. The zero-order valence-electron chi connectivity index (χ0n) is 10.3. The molecule has 17 heavy (non-hydrogen) atoms. The number of oxazole rings is 1. The van der Waals surface area contributed by atoms with E-state index in [-0.39, 0.29) is 0 Å². The van der Waals surface area contributed by atoms with E-state index in [4.69, 9.17) is 10.2 Å². The van der Waals surface area contributed by atoms with Crippen molar-refractivity contribution in [1.82, 2.24) is 4.98 Å². The van der Waals surface area contributed by atoms with E-state index in [9.17, 15) is 0 Å². The molecule has 2 N–H and O–H groups in total. The van der Waals surface area contributed by atoms with Crippen molar-refractivity contribution in [3.05, 3.63) is 29.7 Å². The van der Waals surface area contributed by atoms with Crippen LogP contribution in [0.3, 0.4) is 0 Å². The van der Waals surface area contributed by atoms with Crippen LogP contribution in [0.25, 0.3) is 11.1 Å². The van der Waals surface area contributed by atoms with E-state index in [2.05, 4.69) is 31.0 Å². The molecule has 1 heterocycles. The van der Waals surface area contributed by atoms with Crippen molar-refractivity contribution in [3.63, 3.8) is 0 Å². The minimum absolute atomic E-state index is 0.333. The van der Waals surface area contributed by atoms with Gasteiger partial charge < -0.3 is 10.2 Å². The highest BCUT2D eigenvalue weighted by atomic mass is 16.3. The molecule has 1 aliphatic rings. The molecule has 1 aromatic carbocycles. The van der Waals surface area contributed by atoms with Gasteiger partial charge in [-0.05, 0) is 30.9 Å². The van der Waals surface area contributed by atoms with Crippen molar-refractivity contribution in [1.29, 1.82) is 0 Å². The van der Waals surface area contributed by atoms with Crippen LogP contribution in [0.4, 0.5) is 0 Å². The first-order valence-electron chi connectivity index (χ1n) is 6.30. The van der Waals surface area contributed by atoms with Crippen LogP contribution in [0, 0.1) is 5.92 Å². The predicted molar refractivity (Wildman–Crippen MR) is 68.0 cm³/mol. The van der Waals surface area contributed by atoms with Crippen LogP contribution in [0.2, 0.25) is 0 Å². The maximum Gasteiger partial charge on any atom is 0.198 e. The molecule has 2 atom stereocenters. The third-order valence-corrected chi connectivity index (χ3v) is 3.58. The van der Waals surface area contributed by atoms with E-state index >= 15 is 0 Å². The normalized spacial score (nSPS) is 23.5. The summed E-state index contributed by atoms with van der Waals surface area (Å²) in [5.74, 6) is 2.38. The molecule has 0 unspecified atom stereocenters. The van der Waals surface area contributed by atoms with Gasteiger partial charge in [0.2, 0.25) is 0 Å². The number of fused-ring (bicyclic) bond motifs is 1. The highest BCUT2D eigenvalue weighted by Gasteiger charge is 2.38. The van der Waals surface area contributed by atoms with Crippen molar-refractivity contribution < 1.29 is 4.42 Å². The molecule has 1 aliphatic carbocycles. The molecule has 1 aromatic heterocycles. The second-order valence-electron chi connectivity index (χ2n) is 5.24. The minimum atomic E-state index is 0.333. The molecule has 0 saturated heterocycles. The molecule has 1 saturated carbocycles. The Morgan fingerprint density at radius 3 is 2.94 bits per heavy atom. The van der Waals surface area contributed by atoms with Crippen molar-refractivity contribution in [2.45, 2.75) is 32.1 Å². The van der Waals surface area contributed by atoms with E-state index in [1.54, 1.807) is 0 Å². The Hall–Kier alpha value is -1.35. The fourth-order valence-corrected chi connectivity index (χ4v) is 2.42. The topological polar surface area (TPSA) is 52.0 Å². The number of hydrogen-bond donors (Lipinski definition) is 1. The van der Waals surface area contributed by atoms with E-state index in [1.807, 2.05) is 6.07 Å². The maximum absolute atomic E-state index is 5.90. The first-order valence-corrected chi connectivity index (χ1v) is 6.30. The average Bonchev–Trinajstić information content (AvgIpc) is 2.96. The van der Waals surface area contributed by atoms with Crippen LogP contribution in [0.5, 0.6) is 0 Å². The van der Waals surface area contributed by atoms with E-state index in [0.29, 0.717) is 17.8 Å². The van der Waals surface area contributed by atoms with Crippen LogP contribution in [0.1, 0.15) is 43.6 Å². The van der Waals surface area contributed by atoms with Gasteiger partial charge in [0.25, 0.3) is 0 Å². The largest absolute Gasteiger partial charge is 0.440 e. The lowest BCUT2D eigenvalue weighted by Gasteiger charge is -1.99. The van der Waals surface area contributed by atoms with Gasteiger partial charge in [0.1, 0.15) is 5.52 Å². The lowest BCUT2D eigenvalue weighted by atomic mass is 10.1. The van der Waals surface area contributed by atoms with E-state index < -0.39 is 0 Å².